The Morgan fingerprint density at radius 2 is 1.79 bits per heavy atom. The number of ether oxygens (including phenoxy) is 2. The number of para-hydroxylation sites is 1. The minimum Gasteiger partial charge on any atom is -0.496 e. The zero-order chi connectivity index (χ0) is 14.1. The van der Waals surface area contributed by atoms with E-state index in [1.165, 1.54) is 14.2 Å². The fraction of sp³-hybridized carbons (Fsp3) is 0.385. The fourth-order valence-electron chi connectivity index (χ4n) is 1.49. The molecule has 0 radical (unpaired) electrons. The summed E-state index contributed by atoms with van der Waals surface area (Å²) in [7, 11) is 2.96. The van der Waals surface area contributed by atoms with Gasteiger partial charge >= 0.3 is 0 Å². The van der Waals surface area contributed by atoms with Crippen molar-refractivity contribution in [1.29, 1.82) is 0 Å². The smallest absolute Gasteiger partial charge is 0.255 e. The largest absolute Gasteiger partial charge is 0.496 e. The number of hydrogen-bond donors (Lipinski definition) is 2. The summed E-state index contributed by atoms with van der Waals surface area (Å²) in [5.74, 6) is 0.0656. The molecule has 0 atom stereocenters. The monoisotopic (exact) mass is 266 g/mol. The van der Waals surface area contributed by atoms with Gasteiger partial charge in [-0.15, -0.1) is 0 Å². The number of carbonyl (C=O) groups is 2. The van der Waals surface area contributed by atoms with E-state index in [-0.39, 0.29) is 18.4 Å². The summed E-state index contributed by atoms with van der Waals surface area (Å²) in [5, 5.41) is 5.31. The maximum Gasteiger partial charge on any atom is 0.255 e. The second-order valence-corrected chi connectivity index (χ2v) is 3.74. The second kappa shape index (κ2) is 8.10. The molecule has 104 valence electrons. The summed E-state index contributed by atoms with van der Waals surface area (Å²) in [5.41, 5.74) is 0.466. The highest BCUT2D eigenvalue weighted by atomic mass is 16.5. The Hall–Kier alpha value is -2.08. The Labute approximate surface area is 112 Å². The standard InChI is InChI=1S/C13H18N2O4/c1-18-9-12(16)14-7-8-15-13(17)10-5-3-4-6-11(10)19-2/h3-6H,7-9H2,1-2H3,(H,14,16)(H,15,17). The normalized spacial score (nSPS) is 9.79. The molecule has 0 saturated carbocycles. The first-order chi connectivity index (χ1) is 9.19. The van der Waals surface area contributed by atoms with Gasteiger partial charge in [-0.25, -0.2) is 0 Å². The van der Waals surface area contributed by atoms with Crippen LogP contribution in [0.2, 0.25) is 0 Å². The van der Waals surface area contributed by atoms with Gasteiger partial charge in [-0.05, 0) is 12.1 Å². The molecule has 0 saturated heterocycles. The molecule has 1 aromatic rings. The summed E-state index contributed by atoms with van der Waals surface area (Å²) in [6.07, 6.45) is 0. The average molecular weight is 266 g/mol. The van der Waals surface area contributed by atoms with Crippen LogP contribution in [0, 0.1) is 0 Å². The highest BCUT2D eigenvalue weighted by Crippen LogP contribution is 2.16. The van der Waals surface area contributed by atoms with Gasteiger partial charge in [0.05, 0.1) is 12.7 Å². The SMILES string of the molecule is COCC(=O)NCCNC(=O)c1ccccc1OC. The van der Waals surface area contributed by atoms with Crippen LogP contribution in [0.4, 0.5) is 0 Å². The summed E-state index contributed by atoms with van der Waals surface area (Å²) in [6.45, 7) is 0.704. The van der Waals surface area contributed by atoms with Crippen molar-refractivity contribution in [3.8, 4) is 5.75 Å². The molecular weight excluding hydrogens is 248 g/mol. The third-order valence-electron chi connectivity index (χ3n) is 2.36. The van der Waals surface area contributed by atoms with Crippen molar-refractivity contribution in [2.45, 2.75) is 0 Å². The molecule has 2 N–H and O–H groups in total. The van der Waals surface area contributed by atoms with Crippen LogP contribution in [0.15, 0.2) is 24.3 Å². The van der Waals surface area contributed by atoms with Crippen molar-refractivity contribution in [3.05, 3.63) is 29.8 Å². The molecule has 0 spiro atoms. The van der Waals surface area contributed by atoms with E-state index in [0.717, 1.165) is 0 Å². The molecule has 0 aliphatic heterocycles. The molecule has 1 rings (SSSR count). The van der Waals surface area contributed by atoms with Gasteiger partial charge in [0.25, 0.3) is 5.91 Å². The van der Waals surface area contributed by atoms with E-state index in [0.29, 0.717) is 24.4 Å². The van der Waals surface area contributed by atoms with Gasteiger partial charge < -0.3 is 20.1 Å². The van der Waals surface area contributed by atoms with E-state index >= 15 is 0 Å². The van der Waals surface area contributed by atoms with E-state index in [2.05, 4.69) is 15.4 Å². The zero-order valence-corrected chi connectivity index (χ0v) is 11.1. The minimum atomic E-state index is -0.238. The van der Waals surface area contributed by atoms with Crippen LogP contribution in [0.3, 0.4) is 0 Å². The average Bonchev–Trinajstić information content (AvgIpc) is 2.43. The van der Waals surface area contributed by atoms with E-state index < -0.39 is 0 Å². The first-order valence-electron chi connectivity index (χ1n) is 5.86. The number of methoxy groups -OCH3 is 2. The number of hydrogen-bond acceptors (Lipinski definition) is 4. The first kappa shape index (κ1) is 15.0. The number of nitrogens with one attached hydrogen (secondary N) is 2. The first-order valence-corrected chi connectivity index (χ1v) is 5.86. The van der Waals surface area contributed by atoms with Gasteiger partial charge in [-0.3, -0.25) is 9.59 Å². The van der Waals surface area contributed by atoms with Gasteiger partial charge in [-0.1, -0.05) is 12.1 Å². The summed E-state index contributed by atoms with van der Waals surface area (Å²) < 4.78 is 9.76. The van der Waals surface area contributed by atoms with E-state index in [4.69, 9.17) is 4.74 Å². The minimum absolute atomic E-state index is 0.0143. The Bertz CT molecular complexity index is 434. The Kier molecular flexibility index (Phi) is 6.38. The van der Waals surface area contributed by atoms with E-state index in [1.54, 1.807) is 24.3 Å². The van der Waals surface area contributed by atoms with Crippen LogP contribution in [-0.4, -0.2) is 45.7 Å². The highest BCUT2D eigenvalue weighted by Gasteiger charge is 2.10. The number of rotatable bonds is 7. The van der Waals surface area contributed by atoms with Gasteiger partial charge in [-0.2, -0.15) is 0 Å². The fourth-order valence-corrected chi connectivity index (χ4v) is 1.49. The molecule has 0 aromatic heterocycles. The molecular formula is C13H18N2O4. The predicted octanol–water partition coefficient (Wildman–Crippen LogP) is 0.188. The number of carbonyl (C=O) groups excluding carboxylic acids is 2. The molecule has 1 aromatic carbocycles. The highest BCUT2D eigenvalue weighted by molar-refractivity contribution is 5.96. The van der Waals surface area contributed by atoms with Crippen LogP contribution in [0.5, 0.6) is 5.75 Å². The van der Waals surface area contributed by atoms with Gasteiger partial charge in [0, 0.05) is 20.2 Å². The molecule has 0 bridgehead atoms. The molecule has 0 aliphatic rings. The lowest BCUT2D eigenvalue weighted by atomic mass is 10.2. The van der Waals surface area contributed by atoms with Crippen LogP contribution in [0.25, 0.3) is 0 Å². The molecule has 0 heterocycles. The van der Waals surface area contributed by atoms with Crippen LogP contribution < -0.4 is 15.4 Å². The van der Waals surface area contributed by atoms with Crippen LogP contribution >= 0.6 is 0 Å². The van der Waals surface area contributed by atoms with Crippen molar-refractivity contribution in [1.82, 2.24) is 10.6 Å². The van der Waals surface area contributed by atoms with Gasteiger partial charge in [0.1, 0.15) is 12.4 Å². The lowest BCUT2D eigenvalue weighted by molar-refractivity contribution is -0.124. The predicted molar refractivity (Wildman–Crippen MR) is 70.2 cm³/mol. The Morgan fingerprint density at radius 1 is 1.11 bits per heavy atom. The summed E-state index contributed by atoms with van der Waals surface area (Å²) >= 11 is 0. The third kappa shape index (κ3) is 4.97. The maximum atomic E-state index is 11.9. The molecule has 2 amide bonds. The van der Waals surface area contributed by atoms with E-state index in [9.17, 15) is 9.59 Å². The summed E-state index contributed by atoms with van der Waals surface area (Å²) in [4.78, 5) is 23.0. The molecule has 0 unspecified atom stereocenters. The molecule has 0 aliphatic carbocycles. The topological polar surface area (TPSA) is 76.7 Å². The van der Waals surface area contributed by atoms with Crippen LogP contribution in [-0.2, 0) is 9.53 Å². The quantitative estimate of drug-likeness (QED) is 0.691. The Morgan fingerprint density at radius 3 is 2.47 bits per heavy atom. The molecule has 6 heteroatoms. The second-order valence-electron chi connectivity index (χ2n) is 3.74. The molecule has 19 heavy (non-hydrogen) atoms. The lowest BCUT2D eigenvalue weighted by Gasteiger charge is -2.09. The molecule has 0 fully saturated rings. The Balaban J connectivity index is 2.37. The summed E-state index contributed by atoms with van der Waals surface area (Å²) in [6, 6.07) is 6.95. The zero-order valence-electron chi connectivity index (χ0n) is 11.1. The maximum absolute atomic E-state index is 11.9. The third-order valence-corrected chi connectivity index (χ3v) is 2.36. The lowest BCUT2D eigenvalue weighted by Crippen LogP contribution is -2.36. The van der Waals surface area contributed by atoms with Crippen molar-refractivity contribution >= 4 is 11.8 Å². The van der Waals surface area contributed by atoms with Gasteiger partial charge in [0.15, 0.2) is 0 Å². The molecule has 6 nitrogen and oxygen atoms in total. The number of amides is 2. The van der Waals surface area contributed by atoms with Crippen molar-refractivity contribution in [2.24, 2.45) is 0 Å². The van der Waals surface area contributed by atoms with Gasteiger partial charge in [0.2, 0.25) is 5.91 Å². The van der Waals surface area contributed by atoms with Crippen molar-refractivity contribution in [3.63, 3.8) is 0 Å². The van der Waals surface area contributed by atoms with Crippen LogP contribution in [0.1, 0.15) is 10.4 Å². The van der Waals surface area contributed by atoms with Crippen molar-refractivity contribution < 1.29 is 19.1 Å². The van der Waals surface area contributed by atoms with E-state index in [1.807, 2.05) is 0 Å². The number of benzene rings is 1. The van der Waals surface area contributed by atoms with Crippen molar-refractivity contribution in [2.75, 3.05) is 33.9 Å².